The highest BCUT2D eigenvalue weighted by Crippen LogP contribution is 2.38. The van der Waals surface area contributed by atoms with Gasteiger partial charge in [0.05, 0.1) is 0 Å². The summed E-state index contributed by atoms with van der Waals surface area (Å²) in [6.07, 6.45) is -3.53. The second-order valence-corrected chi connectivity index (χ2v) is 4.99. The fourth-order valence-electron chi connectivity index (χ4n) is 1.57. The molecular formula is C13H9BrF4N2O. The fraction of sp³-hybridized carbons (Fsp3) is 0.154. The molecule has 0 unspecified atom stereocenters. The third-order valence-electron chi connectivity index (χ3n) is 2.56. The van der Waals surface area contributed by atoms with Crippen LogP contribution < -0.4 is 10.5 Å². The van der Waals surface area contributed by atoms with Crippen molar-refractivity contribution in [2.75, 3.05) is 0 Å². The predicted molar refractivity (Wildman–Crippen MR) is 71.3 cm³/mol. The van der Waals surface area contributed by atoms with Crippen molar-refractivity contribution in [2.45, 2.75) is 12.7 Å². The quantitative estimate of drug-likeness (QED) is 0.828. The van der Waals surface area contributed by atoms with Gasteiger partial charge in [0.1, 0.15) is 5.56 Å². The Labute approximate surface area is 125 Å². The zero-order valence-electron chi connectivity index (χ0n) is 10.4. The van der Waals surface area contributed by atoms with Crippen molar-refractivity contribution in [3.05, 3.63) is 51.9 Å². The summed E-state index contributed by atoms with van der Waals surface area (Å²) in [6.45, 7) is 0.113. The Bertz CT molecular complexity index is 661. The largest absolute Gasteiger partial charge is 0.435 e. The number of rotatable bonds is 3. The molecule has 0 saturated heterocycles. The Kier molecular flexibility index (Phi) is 4.48. The van der Waals surface area contributed by atoms with E-state index in [0.717, 1.165) is 18.3 Å². The van der Waals surface area contributed by atoms with E-state index >= 15 is 0 Å². The molecule has 0 amide bonds. The van der Waals surface area contributed by atoms with Crippen LogP contribution in [0.2, 0.25) is 0 Å². The van der Waals surface area contributed by atoms with Crippen LogP contribution in [-0.4, -0.2) is 4.98 Å². The van der Waals surface area contributed by atoms with Crippen molar-refractivity contribution in [3.63, 3.8) is 0 Å². The molecule has 8 heteroatoms. The standard InChI is InChI=1S/C13H9BrF4N2O/c14-8-4-9(13(16,17)18)12(20-6-8)21-11-2-1-7(5-19)3-10(11)15/h1-4,6H,5,19H2. The topological polar surface area (TPSA) is 48.1 Å². The lowest BCUT2D eigenvalue weighted by atomic mass is 10.2. The maximum atomic E-state index is 13.7. The lowest BCUT2D eigenvalue weighted by Gasteiger charge is -2.13. The van der Waals surface area contributed by atoms with E-state index in [2.05, 4.69) is 20.9 Å². The van der Waals surface area contributed by atoms with E-state index < -0.39 is 23.4 Å². The predicted octanol–water partition coefficient (Wildman–Crippen LogP) is 4.25. The third-order valence-corrected chi connectivity index (χ3v) is 3.00. The van der Waals surface area contributed by atoms with Gasteiger partial charge in [-0.05, 0) is 39.7 Å². The van der Waals surface area contributed by atoms with Gasteiger partial charge in [-0.25, -0.2) is 9.37 Å². The van der Waals surface area contributed by atoms with Crippen LogP contribution in [0.1, 0.15) is 11.1 Å². The zero-order valence-corrected chi connectivity index (χ0v) is 12.0. The fourth-order valence-corrected chi connectivity index (χ4v) is 1.90. The van der Waals surface area contributed by atoms with Gasteiger partial charge in [-0.15, -0.1) is 0 Å². The van der Waals surface area contributed by atoms with Crippen LogP contribution in [0.4, 0.5) is 17.6 Å². The van der Waals surface area contributed by atoms with Gasteiger partial charge in [0.2, 0.25) is 5.88 Å². The molecule has 0 spiro atoms. The molecule has 2 N–H and O–H groups in total. The van der Waals surface area contributed by atoms with Crippen LogP contribution in [0.5, 0.6) is 11.6 Å². The highest BCUT2D eigenvalue weighted by atomic mass is 79.9. The van der Waals surface area contributed by atoms with Crippen LogP contribution in [0.25, 0.3) is 0 Å². The van der Waals surface area contributed by atoms with Crippen molar-refractivity contribution < 1.29 is 22.3 Å². The summed E-state index contributed by atoms with van der Waals surface area (Å²) in [5, 5.41) is 0. The maximum absolute atomic E-state index is 13.7. The highest BCUT2D eigenvalue weighted by molar-refractivity contribution is 9.10. The average Bonchev–Trinajstić information content (AvgIpc) is 2.41. The summed E-state index contributed by atoms with van der Waals surface area (Å²) < 4.78 is 57.5. The van der Waals surface area contributed by atoms with Gasteiger partial charge in [-0.1, -0.05) is 6.07 Å². The normalized spacial score (nSPS) is 11.5. The van der Waals surface area contributed by atoms with Crippen LogP contribution in [0.15, 0.2) is 34.9 Å². The van der Waals surface area contributed by atoms with Crippen LogP contribution in [0, 0.1) is 5.82 Å². The molecular weight excluding hydrogens is 356 g/mol. The van der Waals surface area contributed by atoms with E-state index in [1.165, 1.54) is 12.1 Å². The molecule has 112 valence electrons. The van der Waals surface area contributed by atoms with Crippen molar-refractivity contribution in [3.8, 4) is 11.6 Å². The summed E-state index contributed by atoms with van der Waals surface area (Å²) >= 11 is 2.90. The lowest BCUT2D eigenvalue weighted by Crippen LogP contribution is -2.09. The molecule has 1 aromatic heterocycles. The lowest BCUT2D eigenvalue weighted by molar-refractivity contribution is -0.138. The Morgan fingerprint density at radius 1 is 1.24 bits per heavy atom. The Morgan fingerprint density at radius 2 is 1.95 bits per heavy atom. The monoisotopic (exact) mass is 364 g/mol. The maximum Gasteiger partial charge on any atom is 0.421 e. The second-order valence-electron chi connectivity index (χ2n) is 4.07. The number of benzene rings is 1. The molecule has 0 aliphatic carbocycles. The average molecular weight is 365 g/mol. The van der Waals surface area contributed by atoms with Crippen LogP contribution in [0.3, 0.4) is 0 Å². The summed E-state index contributed by atoms with van der Waals surface area (Å²) in [5.41, 5.74) is 4.75. The van der Waals surface area contributed by atoms with E-state index in [-0.39, 0.29) is 16.8 Å². The van der Waals surface area contributed by atoms with Gasteiger partial charge >= 0.3 is 6.18 Å². The number of pyridine rings is 1. The van der Waals surface area contributed by atoms with Crippen molar-refractivity contribution in [1.29, 1.82) is 0 Å². The molecule has 1 heterocycles. The van der Waals surface area contributed by atoms with E-state index in [4.69, 9.17) is 10.5 Å². The van der Waals surface area contributed by atoms with Crippen molar-refractivity contribution in [2.24, 2.45) is 5.73 Å². The van der Waals surface area contributed by atoms with Crippen molar-refractivity contribution in [1.82, 2.24) is 4.98 Å². The van der Waals surface area contributed by atoms with Gasteiger partial charge < -0.3 is 10.5 Å². The molecule has 2 aromatic rings. The van der Waals surface area contributed by atoms with Crippen LogP contribution in [-0.2, 0) is 12.7 Å². The summed E-state index contributed by atoms with van der Waals surface area (Å²) in [5.74, 6) is -1.88. The molecule has 0 fully saturated rings. The molecule has 21 heavy (non-hydrogen) atoms. The molecule has 0 saturated carbocycles. The number of alkyl halides is 3. The number of aromatic nitrogens is 1. The van der Waals surface area contributed by atoms with Crippen molar-refractivity contribution >= 4 is 15.9 Å². The minimum atomic E-state index is -4.67. The van der Waals surface area contributed by atoms with Gasteiger partial charge in [0.25, 0.3) is 0 Å². The van der Waals surface area contributed by atoms with Gasteiger partial charge in [-0.3, -0.25) is 0 Å². The first-order valence-electron chi connectivity index (χ1n) is 5.70. The Morgan fingerprint density at radius 3 is 2.52 bits per heavy atom. The number of nitrogens with two attached hydrogens (primary N) is 1. The molecule has 0 aliphatic heterocycles. The summed E-state index contributed by atoms with van der Waals surface area (Å²) in [6, 6.07) is 4.59. The molecule has 0 bridgehead atoms. The number of halogens is 5. The minimum Gasteiger partial charge on any atom is -0.435 e. The van der Waals surface area contributed by atoms with E-state index in [1.54, 1.807) is 0 Å². The first-order chi connectivity index (χ1) is 9.81. The Hall–Kier alpha value is -1.67. The number of hydrogen-bond donors (Lipinski definition) is 1. The molecule has 2 rings (SSSR count). The third kappa shape index (κ3) is 3.70. The first kappa shape index (κ1) is 15.7. The molecule has 0 radical (unpaired) electrons. The smallest absolute Gasteiger partial charge is 0.421 e. The number of ether oxygens (including phenoxy) is 1. The van der Waals surface area contributed by atoms with E-state index in [9.17, 15) is 17.6 Å². The molecule has 0 aliphatic rings. The highest BCUT2D eigenvalue weighted by Gasteiger charge is 2.36. The Balaban J connectivity index is 2.40. The summed E-state index contributed by atoms with van der Waals surface area (Å²) in [7, 11) is 0. The minimum absolute atomic E-state index is 0.113. The van der Waals surface area contributed by atoms with Crippen LogP contribution >= 0.6 is 15.9 Å². The van der Waals surface area contributed by atoms with Gasteiger partial charge in [-0.2, -0.15) is 13.2 Å². The zero-order chi connectivity index (χ0) is 15.6. The summed E-state index contributed by atoms with van der Waals surface area (Å²) in [4.78, 5) is 3.54. The first-order valence-corrected chi connectivity index (χ1v) is 6.49. The SMILES string of the molecule is NCc1ccc(Oc2ncc(Br)cc2C(F)(F)F)c(F)c1. The number of hydrogen-bond acceptors (Lipinski definition) is 3. The van der Waals surface area contributed by atoms with E-state index in [1.807, 2.05) is 0 Å². The van der Waals surface area contributed by atoms with Gasteiger partial charge in [0.15, 0.2) is 11.6 Å². The molecule has 1 aromatic carbocycles. The van der Waals surface area contributed by atoms with E-state index in [0.29, 0.717) is 5.56 Å². The molecule has 3 nitrogen and oxygen atoms in total. The molecule has 0 atom stereocenters. The second kappa shape index (κ2) is 5.98. The van der Waals surface area contributed by atoms with Gasteiger partial charge in [0, 0.05) is 17.2 Å². The number of nitrogens with zero attached hydrogens (tertiary/aromatic N) is 1.